The predicted molar refractivity (Wildman–Crippen MR) is 133 cm³/mol. The quantitative estimate of drug-likeness (QED) is 0.231. The van der Waals surface area contributed by atoms with E-state index in [9.17, 15) is 14.4 Å². The summed E-state index contributed by atoms with van der Waals surface area (Å²) in [6.07, 6.45) is -2.82. The van der Waals surface area contributed by atoms with Crippen LogP contribution in [0.25, 0.3) is 0 Å². The molecule has 1 aliphatic rings. The third-order valence-corrected chi connectivity index (χ3v) is 5.54. The van der Waals surface area contributed by atoms with E-state index >= 15 is 0 Å². The zero-order chi connectivity index (χ0) is 26.0. The number of benzene rings is 3. The Labute approximate surface area is 214 Å². The van der Waals surface area contributed by atoms with Gasteiger partial charge in [-0.2, -0.15) is 0 Å². The van der Waals surface area contributed by atoms with E-state index in [1.807, 2.05) is 0 Å². The van der Waals surface area contributed by atoms with E-state index in [4.69, 9.17) is 23.7 Å². The number of rotatable bonds is 10. The highest BCUT2D eigenvalue weighted by molar-refractivity contribution is 5.91. The van der Waals surface area contributed by atoms with E-state index in [0.29, 0.717) is 16.7 Å². The fourth-order valence-electron chi connectivity index (χ4n) is 3.74. The van der Waals surface area contributed by atoms with Crippen molar-refractivity contribution in [2.24, 2.45) is 0 Å². The summed E-state index contributed by atoms with van der Waals surface area (Å²) in [6, 6.07) is 25.2. The van der Waals surface area contributed by atoms with Gasteiger partial charge in [-0.15, -0.1) is 6.58 Å². The smallest absolute Gasteiger partial charge is 0.338 e. The van der Waals surface area contributed by atoms with Crippen molar-refractivity contribution in [3.8, 4) is 0 Å². The minimum atomic E-state index is -1.14. The van der Waals surface area contributed by atoms with E-state index < -0.39 is 42.5 Å². The van der Waals surface area contributed by atoms with E-state index in [2.05, 4.69) is 6.58 Å². The van der Waals surface area contributed by atoms with Gasteiger partial charge in [-0.05, 0) is 36.4 Å². The molecule has 8 nitrogen and oxygen atoms in total. The van der Waals surface area contributed by atoms with Crippen molar-refractivity contribution in [2.75, 3.05) is 13.2 Å². The van der Waals surface area contributed by atoms with Crippen LogP contribution < -0.4 is 0 Å². The van der Waals surface area contributed by atoms with Gasteiger partial charge in [-0.3, -0.25) is 0 Å². The van der Waals surface area contributed by atoms with Crippen molar-refractivity contribution in [1.29, 1.82) is 0 Å². The Kier molecular flexibility index (Phi) is 8.80. The molecule has 3 aromatic carbocycles. The molecule has 0 saturated carbocycles. The van der Waals surface area contributed by atoms with Gasteiger partial charge in [0.25, 0.3) is 0 Å². The first-order valence-corrected chi connectivity index (χ1v) is 11.7. The molecule has 0 radical (unpaired) electrons. The second-order valence-corrected chi connectivity index (χ2v) is 8.10. The van der Waals surface area contributed by atoms with Crippen LogP contribution in [0.1, 0.15) is 31.1 Å². The molecule has 1 heterocycles. The third-order valence-electron chi connectivity index (χ3n) is 5.54. The van der Waals surface area contributed by atoms with E-state index in [1.165, 1.54) is 6.08 Å². The molecule has 0 N–H and O–H groups in total. The van der Waals surface area contributed by atoms with Crippen LogP contribution in [0.2, 0.25) is 0 Å². The molecule has 0 bridgehead atoms. The highest BCUT2D eigenvalue weighted by Gasteiger charge is 2.51. The van der Waals surface area contributed by atoms with Gasteiger partial charge in [0.2, 0.25) is 0 Å². The summed E-state index contributed by atoms with van der Waals surface area (Å²) >= 11 is 0. The molecule has 3 aromatic rings. The van der Waals surface area contributed by atoms with Gasteiger partial charge >= 0.3 is 17.9 Å². The van der Waals surface area contributed by atoms with E-state index in [1.54, 1.807) is 91.0 Å². The molecule has 8 heteroatoms. The first-order chi connectivity index (χ1) is 18.1. The Bertz CT molecular complexity index is 1200. The zero-order valence-corrected chi connectivity index (χ0v) is 19.9. The van der Waals surface area contributed by atoms with Gasteiger partial charge in [0.1, 0.15) is 12.7 Å². The maximum Gasteiger partial charge on any atom is 0.338 e. The molecule has 4 rings (SSSR count). The minimum Gasteiger partial charge on any atom is -0.459 e. The molecule has 1 aliphatic heterocycles. The Balaban J connectivity index is 1.57. The zero-order valence-electron chi connectivity index (χ0n) is 19.9. The van der Waals surface area contributed by atoms with Crippen molar-refractivity contribution in [1.82, 2.24) is 0 Å². The minimum absolute atomic E-state index is 0.0833. The normalized spacial score (nSPS) is 20.5. The number of hydrogen-bond acceptors (Lipinski definition) is 8. The SMILES string of the molecule is C=CCO[C@H]1O[C@H](COC(=O)c2ccccc2)[C@@H](OC(=O)c2ccccc2)[C@@H]1OC(=O)c1ccccc1. The first kappa shape index (κ1) is 25.8. The van der Waals surface area contributed by atoms with Crippen LogP contribution >= 0.6 is 0 Å². The van der Waals surface area contributed by atoms with Crippen molar-refractivity contribution in [3.63, 3.8) is 0 Å². The molecule has 1 saturated heterocycles. The van der Waals surface area contributed by atoms with Gasteiger partial charge in [0.05, 0.1) is 23.3 Å². The molecular weight excluding hydrogens is 476 g/mol. The average molecular weight is 503 g/mol. The fraction of sp³-hybridized carbons (Fsp3) is 0.207. The number of hydrogen-bond donors (Lipinski definition) is 0. The molecule has 0 unspecified atom stereocenters. The summed E-state index contributed by atoms with van der Waals surface area (Å²) in [5, 5.41) is 0. The topological polar surface area (TPSA) is 97.4 Å². The maximum atomic E-state index is 12.9. The lowest BCUT2D eigenvalue weighted by Gasteiger charge is -2.24. The number of esters is 3. The summed E-state index contributed by atoms with van der Waals surface area (Å²) in [5.74, 6) is -1.88. The second-order valence-electron chi connectivity index (χ2n) is 8.10. The van der Waals surface area contributed by atoms with Crippen LogP contribution in [0.4, 0.5) is 0 Å². The molecule has 37 heavy (non-hydrogen) atoms. The first-order valence-electron chi connectivity index (χ1n) is 11.7. The summed E-state index contributed by atoms with van der Waals surface area (Å²) in [7, 11) is 0. The number of carbonyl (C=O) groups is 3. The van der Waals surface area contributed by atoms with Crippen molar-refractivity contribution < 1.29 is 38.1 Å². The lowest BCUT2D eigenvalue weighted by atomic mass is 10.1. The van der Waals surface area contributed by atoms with Crippen LogP contribution in [0.5, 0.6) is 0 Å². The lowest BCUT2D eigenvalue weighted by Crippen LogP contribution is -2.42. The van der Waals surface area contributed by atoms with Gasteiger partial charge in [-0.1, -0.05) is 60.7 Å². The van der Waals surface area contributed by atoms with Crippen LogP contribution in [-0.4, -0.2) is 55.7 Å². The summed E-state index contributed by atoms with van der Waals surface area (Å²) in [5.41, 5.74) is 0.952. The highest BCUT2D eigenvalue weighted by atomic mass is 16.7. The van der Waals surface area contributed by atoms with Gasteiger partial charge in [0.15, 0.2) is 18.5 Å². The summed E-state index contributed by atoms with van der Waals surface area (Å²) in [4.78, 5) is 38.4. The standard InChI is InChI=1S/C29H26O8/c1-2-18-33-29-25(37-28(32)22-16-10-5-11-17-22)24(36-27(31)21-14-8-4-9-15-21)23(35-29)19-34-26(30)20-12-6-3-7-13-20/h2-17,23-25,29H,1,18-19H2/t23-,24-,25+,29+/m1/s1. The number of carbonyl (C=O) groups excluding carboxylic acids is 3. The largest absolute Gasteiger partial charge is 0.459 e. The molecule has 1 fully saturated rings. The van der Waals surface area contributed by atoms with Crippen LogP contribution in [0.3, 0.4) is 0 Å². The lowest BCUT2D eigenvalue weighted by molar-refractivity contribution is -0.164. The molecule has 0 aliphatic carbocycles. The maximum absolute atomic E-state index is 12.9. The molecule has 4 atom stereocenters. The fourth-order valence-corrected chi connectivity index (χ4v) is 3.74. The van der Waals surface area contributed by atoms with Gasteiger partial charge in [0, 0.05) is 0 Å². The van der Waals surface area contributed by atoms with Crippen LogP contribution in [0, 0.1) is 0 Å². The molecule has 0 aromatic heterocycles. The van der Waals surface area contributed by atoms with E-state index in [0.717, 1.165) is 0 Å². The van der Waals surface area contributed by atoms with Gasteiger partial charge < -0.3 is 23.7 Å². The Morgan fingerprint density at radius 3 is 1.65 bits per heavy atom. The van der Waals surface area contributed by atoms with Crippen LogP contribution in [0.15, 0.2) is 104 Å². The Hall–Kier alpha value is -4.27. The van der Waals surface area contributed by atoms with Gasteiger partial charge in [-0.25, -0.2) is 14.4 Å². The predicted octanol–water partition coefficient (Wildman–Crippen LogP) is 4.22. The highest BCUT2D eigenvalue weighted by Crippen LogP contribution is 2.30. The Morgan fingerprint density at radius 1 is 0.703 bits per heavy atom. The third kappa shape index (κ3) is 6.69. The van der Waals surface area contributed by atoms with Crippen LogP contribution in [-0.2, 0) is 23.7 Å². The second kappa shape index (κ2) is 12.6. The van der Waals surface area contributed by atoms with Crippen molar-refractivity contribution in [2.45, 2.75) is 24.6 Å². The molecular formula is C29H26O8. The summed E-state index contributed by atoms with van der Waals surface area (Å²) in [6.45, 7) is 3.44. The van der Waals surface area contributed by atoms with Crippen molar-refractivity contribution in [3.05, 3.63) is 120 Å². The summed E-state index contributed by atoms with van der Waals surface area (Å²) < 4.78 is 28.6. The molecule has 190 valence electrons. The van der Waals surface area contributed by atoms with Crippen molar-refractivity contribution >= 4 is 17.9 Å². The average Bonchev–Trinajstić information content (AvgIpc) is 3.27. The monoisotopic (exact) mass is 502 g/mol. The van der Waals surface area contributed by atoms with E-state index in [-0.39, 0.29) is 13.2 Å². The molecule has 0 spiro atoms. The number of ether oxygens (including phenoxy) is 5. The molecule has 0 amide bonds. The Morgan fingerprint density at radius 2 is 1.16 bits per heavy atom.